The van der Waals surface area contributed by atoms with Crippen LogP contribution >= 0.6 is 0 Å². The van der Waals surface area contributed by atoms with Crippen LogP contribution in [0.1, 0.15) is 11.1 Å². The molecule has 0 heterocycles. The van der Waals surface area contributed by atoms with Gasteiger partial charge in [-0.3, -0.25) is 4.84 Å². The number of hydroxylamine groups is 2. The number of rotatable bonds is 7. The summed E-state index contributed by atoms with van der Waals surface area (Å²) in [6.45, 7) is 0.697. The summed E-state index contributed by atoms with van der Waals surface area (Å²) in [5.74, 6) is 0. The zero-order valence-corrected chi connectivity index (χ0v) is 12.0. The summed E-state index contributed by atoms with van der Waals surface area (Å²) in [6, 6.07) is 20.5. The van der Waals surface area contributed by atoms with Crippen molar-refractivity contribution in [2.45, 2.75) is 19.2 Å². The van der Waals surface area contributed by atoms with Crippen LogP contribution < -0.4 is 0 Å². The second-order valence-corrected chi connectivity index (χ2v) is 4.62. The van der Waals surface area contributed by atoms with E-state index in [0.29, 0.717) is 6.54 Å². The van der Waals surface area contributed by atoms with E-state index in [1.54, 1.807) is 14.2 Å². The van der Waals surface area contributed by atoms with Crippen molar-refractivity contribution >= 4 is 0 Å². The molecule has 0 saturated heterocycles. The highest BCUT2D eigenvalue weighted by molar-refractivity contribution is 5.16. The van der Waals surface area contributed by atoms with Crippen LogP contribution in [-0.4, -0.2) is 25.5 Å². The van der Waals surface area contributed by atoms with E-state index >= 15 is 0 Å². The molecule has 2 aromatic carbocycles. The average molecular weight is 271 g/mol. The fourth-order valence-corrected chi connectivity index (χ4v) is 2.17. The van der Waals surface area contributed by atoms with Gasteiger partial charge < -0.3 is 4.74 Å². The SMILES string of the molecule is COC(Cc1ccccc1)N(Cc1ccccc1)OC. The van der Waals surface area contributed by atoms with Crippen molar-refractivity contribution in [3.63, 3.8) is 0 Å². The minimum absolute atomic E-state index is 0.109. The molecule has 0 aliphatic rings. The highest BCUT2D eigenvalue weighted by atomic mass is 16.7. The quantitative estimate of drug-likeness (QED) is 0.570. The Morgan fingerprint density at radius 3 is 1.90 bits per heavy atom. The van der Waals surface area contributed by atoms with Crippen molar-refractivity contribution in [3.8, 4) is 0 Å². The van der Waals surface area contributed by atoms with Crippen LogP contribution in [0.5, 0.6) is 0 Å². The number of benzene rings is 2. The van der Waals surface area contributed by atoms with Crippen molar-refractivity contribution in [1.29, 1.82) is 0 Å². The van der Waals surface area contributed by atoms with Gasteiger partial charge in [-0.05, 0) is 11.1 Å². The topological polar surface area (TPSA) is 21.7 Å². The normalized spacial score (nSPS) is 12.6. The molecular weight excluding hydrogens is 250 g/mol. The molecule has 3 heteroatoms. The fourth-order valence-electron chi connectivity index (χ4n) is 2.17. The van der Waals surface area contributed by atoms with Gasteiger partial charge in [-0.2, -0.15) is 5.06 Å². The van der Waals surface area contributed by atoms with Gasteiger partial charge in [0, 0.05) is 13.5 Å². The predicted octanol–water partition coefficient (Wildman–Crippen LogP) is 3.27. The van der Waals surface area contributed by atoms with Crippen LogP contribution in [-0.2, 0) is 22.5 Å². The largest absolute Gasteiger partial charge is 0.364 e. The van der Waals surface area contributed by atoms with Crippen molar-refractivity contribution in [3.05, 3.63) is 71.8 Å². The summed E-state index contributed by atoms with van der Waals surface area (Å²) in [7, 11) is 3.39. The van der Waals surface area contributed by atoms with Crippen molar-refractivity contribution in [2.24, 2.45) is 0 Å². The smallest absolute Gasteiger partial charge is 0.137 e. The summed E-state index contributed by atoms with van der Waals surface area (Å²) in [4.78, 5) is 5.49. The maximum absolute atomic E-state index is 5.58. The van der Waals surface area contributed by atoms with E-state index in [1.165, 1.54) is 11.1 Å². The van der Waals surface area contributed by atoms with Crippen LogP contribution in [0.3, 0.4) is 0 Å². The second kappa shape index (κ2) is 7.80. The fraction of sp³-hybridized carbons (Fsp3) is 0.294. The summed E-state index contributed by atoms with van der Waals surface area (Å²) in [5.41, 5.74) is 2.43. The molecule has 20 heavy (non-hydrogen) atoms. The minimum Gasteiger partial charge on any atom is -0.364 e. The van der Waals surface area contributed by atoms with Gasteiger partial charge >= 0.3 is 0 Å². The zero-order valence-electron chi connectivity index (χ0n) is 12.0. The Morgan fingerprint density at radius 2 is 1.40 bits per heavy atom. The molecule has 0 N–H and O–H groups in total. The summed E-state index contributed by atoms with van der Waals surface area (Å²) in [5, 5.41) is 1.86. The maximum Gasteiger partial charge on any atom is 0.137 e. The highest BCUT2D eigenvalue weighted by Gasteiger charge is 2.18. The molecule has 106 valence electrons. The second-order valence-electron chi connectivity index (χ2n) is 4.62. The Hall–Kier alpha value is -1.68. The molecule has 0 spiro atoms. The van der Waals surface area contributed by atoms with Crippen molar-refractivity contribution < 1.29 is 9.57 Å². The van der Waals surface area contributed by atoms with E-state index in [4.69, 9.17) is 9.57 Å². The molecule has 0 aliphatic carbocycles. The van der Waals surface area contributed by atoms with Gasteiger partial charge in [0.15, 0.2) is 0 Å². The highest BCUT2D eigenvalue weighted by Crippen LogP contribution is 2.13. The molecular formula is C17H21NO2. The van der Waals surface area contributed by atoms with Gasteiger partial charge in [0.25, 0.3) is 0 Å². The first-order valence-corrected chi connectivity index (χ1v) is 6.75. The molecule has 2 aromatic rings. The molecule has 3 nitrogen and oxygen atoms in total. The number of nitrogens with zero attached hydrogens (tertiary/aromatic N) is 1. The van der Waals surface area contributed by atoms with Crippen LogP contribution in [0, 0.1) is 0 Å². The minimum atomic E-state index is -0.109. The molecule has 0 aromatic heterocycles. The van der Waals surface area contributed by atoms with Crippen LogP contribution in [0.4, 0.5) is 0 Å². The lowest BCUT2D eigenvalue weighted by Crippen LogP contribution is -2.37. The maximum atomic E-state index is 5.58. The first kappa shape index (κ1) is 14.7. The molecule has 0 aliphatic heterocycles. The van der Waals surface area contributed by atoms with Crippen LogP contribution in [0.15, 0.2) is 60.7 Å². The molecule has 0 radical (unpaired) electrons. The number of methoxy groups -OCH3 is 1. The molecule has 0 saturated carbocycles. The Balaban J connectivity index is 2.04. The Labute approximate surface area is 120 Å². The zero-order chi connectivity index (χ0) is 14.2. The van der Waals surface area contributed by atoms with Crippen molar-refractivity contribution in [2.75, 3.05) is 14.2 Å². The number of ether oxygens (including phenoxy) is 1. The van der Waals surface area contributed by atoms with E-state index in [2.05, 4.69) is 24.3 Å². The summed E-state index contributed by atoms with van der Waals surface area (Å²) in [6.07, 6.45) is 0.681. The van der Waals surface area contributed by atoms with Gasteiger partial charge in [-0.25, -0.2) is 0 Å². The van der Waals surface area contributed by atoms with Gasteiger partial charge in [0.1, 0.15) is 6.23 Å². The molecule has 1 unspecified atom stereocenters. The Kier molecular flexibility index (Phi) is 5.74. The molecule has 0 fully saturated rings. The number of hydrogen-bond donors (Lipinski definition) is 0. The lowest BCUT2D eigenvalue weighted by molar-refractivity contribution is -0.235. The van der Waals surface area contributed by atoms with Crippen LogP contribution in [0.25, 0.3) is 0 Å². The first-order chi connectivity index (χ1) is 9.83. The van der Waals surface area contributed by atoms with Gasteiger partial charge in [0.2, 0.25) is 0 Å². The number of hydrogen-bond acceptors (Lipinski definition) is 3. The monoisotopic (exact) mass is 271 g/mol. The lowest BCUT2D eigenvalue weighted by Gasteiger charge is -2.28. The predicted molar refractivity (Wildman–Crippen MR) is 79.9 cm³/mol. The molecule has 0 bridgehead atoms. The first-order valence-electron chi connectivity index (χ1n) is 6.75. The third-order valence-electron chi connectivity index (χ3n) is 3.26. The third-order valence-corrected chi connectivity index (χ3v) is 3.26. The molecule has 0 amide bonds. The van der Waals surface area contributed by atoms with E-state index in [1.807, 2.05) is 41.5 Å². The average Bonchev–Trinajstić information content (AvgIpc) is 2.52. The third kappa shape index (κ3) is 4.17. The summed E-state index contributed by atoms with van der Waals surface area (Å²) < 4.78 is 5.58. The van der Waals surface area contributed by atoms with Crippen molar-refractivity contribution in [1.82, 2.24) is 5.06 Å². The van der Waals surface area contributed by atoms with Gasteiger partial charge in [-0.1, -0.05) is 60.7 Å². The van der Waals surface area contributed by atoms with Gasteiger partial charge in [-0.15, -0.1) is 0 Å². The molecule has 1 atom stereocenters. The van der Waals surface area contributed by atoms with Crippen LogP contribution in [0.2, 0.25) is 0 Å². The van der Waals surface area contributed by atoms with E-state index < -0.39 is 0 Å². The standard InChI is InChI=1S/C17H21NO2/c1-19-17(13-15-9-5-3-6-10-15)18(20-2)14-16-11-7-4-8-12-16/h3-12,17H,13-14H2,1-2H3. The van der Waals surface area contributed by atoms with E-state index in [-0.39, 0.29) is 6.23 Å². The molecule has 2 rings (SSSR count). The van der Waals surface area contributed by atoms with Gasteiger partial charge in [0.05, 0.1) is 13.7 Å². The Bertz CT molecular complexity index is 439. The summed E-state index contributed by atoms with van der Waals surface area (Å²) >= 11 is 0. The lowest BCUT2D eigenvalue weighted by atomic mass is 10.1. The Morgan fingerprint density at radius 1 is 0.850 bits per heavy atom. The van der Waals surface area contributed by atoms with E-state index in [9.17, 15) is 0 Å². The van der Waals surface area contributed by atoms with E-state index in [0.717, 1.165) is 6.42 Å².